The van der Waals surface area contributed by atoms with Gasteiger partial charge in [0.15, 0.2) is 0 Å². The van der Waals surface area contributed by atoms with Crippen molar-refractivity contribution in [2.24, 2.45) is 0 Å². The molecule has 4 rings (SSSR count). The Morgan fingerprint density at radius 3 is 2.29 bits per heavy atom. The highest BCUT2D eigenvalue weighted by Crippen LogP contribution is 2.29. The minimum Gasteiger partial charge on any atom is -0.507 e. The highest BCUT2D eigenvalue weighted by Gasteiger charge is 2.25. The number of amides is 1. The lowest BCUT2D eigenvalue weighted by atomic mass is 9.89. The quantitative estimate of drug-likeness (QED) is 0.885. The maximum atomic E-state index is 13.0. The number of benzene rings is 2. The number of hydrogen-bond donors (Lipinski definition) is 1. The Labute approximate surface area is 166 Å². The Kier molecular flexibility index (Phi) is 5.53. The Hall–Kier alpha value is -2.53. The summed E-state index contributed by atoms with van der Waals surface area (Å²) in [5, 5.41) is 10.4. The van der Waals surface area contributed by atoms with E-state index in [1.807, 2.05) is 29.2 Å². The van der Waals surface area contributed by atoms with Crippen LogP contribution in [-0.2, 0) is 19.4 Å². The van der Waals surface area contributed by atoms with Crippen LogP contribution in [0, 0.1) is 0 Å². The van der Waals surface area contributed by atoms with Crippen LogP contribution >= 0.6 is 0 Å². The van der Waals surface area contributed by atoms with Gasteiger partial charge in [0.25, 0.3) is 5.91 Å². The number of fused-ring (bicyclic) bond motifs is 1. The lowest BCUT2D eigenvalue weighted by molar-refractivity contribution is 0.0625. The molecule has 1 aliphatic heterocycles. The minimum atomic E-state index is -0.0463. The molecule has 1 saturated heterocycles. The van der Waals surface area contributed by atoms with E-state index in [2.05, 4.69) is 17.0 Å². The number of carbonyl (C=O) groups excluding carboxylic acids is 1. The predicted molar refractivity (Wildman–Crippen MR) is 109 cm³/mol. The Balaban J connectivity index is 1.37. The molecule has 0 radical (unpaired) electrons. The number of hydrogen-bond acceptors (Lipinski definition) is 4. The molecule has 0 saturated carbocycles. The molecule has 0 unspecified atom stereocenters. The van der Waals surface area contributed by atoms with Crippen LogP contribution in [0.25, 0.3) is 0 Å². The van der Waals surface area contributed by atoms with Gasteiger partial charge >= 0.3 is 0 Å². The molecule has 0 spiro atoms. The van der Waals surface area contributed by atoms with E-state index in [1.165, 1.54) is 16.7 Å². The van der Waals surface area contributed by atoms with Gasteiger partial charge in [-0.1, -0.05) is 12.1 Å². The summed E-state index contributed by atoms with van der Waals surface area (Å²) in [5.74, 6) is 0.949. The lowest BCUT2D eigenvalue weighted by Gasteiger charge is -2.35. The van der Waals surface area contributed by atoms with Crippen LogP contribution in [0.4, 0.5) is 0 Å². The Morgan fingerprint density at radius 1 is 1.00 bits per heavy atom. The van der Waals surface area contributed by atoms with E-state index in [0.717, 1.165) is 51.1 Å². The number of nitrogens with zero attached hydrogens (tertiary/aromatic N) is 2. The molecule has 28 heavy (non-hydrogen) atoms. The van der Waals surface area contributed by atoms with Crippen molar-refractivity contribution in [3.05, 3.63) is 58.7 Å². The van der Waals surface area contributed by atoms with Crippen molar-refractivity contribution in [3.63, 3.8) is 0 Å². The second-order valence-corrected chi connectivity index (χ2v) is 7.76. The number of ether oxygens (including phenoxy) is 1. The molecular formula is C23H28N2O3. The number of aromatic hydroxyl groups is 1. The van der Waals surface area contributed by atoms with Gasteiger partial charge in [-0.15, -0.1) is 0 Å². The monoisotopic (exact) mass is 380 g/mol. The van der Waals surface area contributed by atoms with E-state index in [0.29, 0.717) is 18.7 Å². The van der Waals surface area contributed by atoms with Gasteiger partial charge in [-0.2, -0.15) is 0 Å². The summed E-state index contributed by atoms with van der Waals surface area (Å²) in [6, 6.07) is 11.9. The van der Waals surface area contributed by atoms with Crippen molar-refractivity contribution < 1.29 is 14.6 Å². The van der Waals surface area contributed by atoms with Gasteiger partial charge in [-0.25, -0.2) is 0 Å². The Morgan fingerprint density at radius 2 is 1.64 bits per heavy atom. The van der Waals surface area contributed by atoms with Gasteiger partial charge in [0, 0.05) is 32.7 Å². The summed E-state index contributed by atoms with van der Waals surface area (Å²) in [6.07, 6.45) is 4.33. The van der Waals surface area contributed by atoms with E-state index >= 15 is 0 Å². The first-order valence-electron chi connectivity index (χ1n) is 10.1. The van der Waals surface area contributed by atoms with Crippen molar-refractivity contribution in [1.29, 1.82) is 0 Å². The fourth-order valence-electron chi connectivity index (χ4n) is 4.21. The molecule has 0 atom stereocenters. The highest BCUT2D eigenvalue weighted by molar-refractivity contribution is 5.97. The second-order valence-electron chi connectivity index (χ2n) is 7.76. The zero-order chi connectivity index (χ0) is 19.5. The Bertz CT molecular complexity index is 840. The van der Waals surface area contributed by atoms with Crippen molar-refractivity contribution in [1.82, 2.24) is 9.80 Å². The summed E-state index contributed by atoms with van der Waals surface area (Å²) in [7, 11) is 1.67. The van der Waals surface area contributed by atoms with E-state index in [1.54, 1.807) is 7.11 Å². The first-order valence-corrected chi connectivity index (χ1v) is 10.1. The number of phenolic OH excluding ortho intramolecular Hbond substituents is 1. The van der Waals surface area contributed by atoms with Crippen molar-refractivity contribution in [2.75, 3.05) is 33.3 Å². The van der Waals surface area contributed by atoms with Gasteiger partial charge in [-0.05, 0) is 66.6 Å². The summed E-state index contributed by atoms with van der Waals surface area (Å²) in [6.45, 7) is 3.92. The number of aryl methyl sites for hydroxylation is 2. The molecule has 0 aromatic heterocycles. The average Bonchev–Trinajstić information content (AvgIpc) is 2.74. The summed E-state index contributed by atoms with van der Waals surface area (Å²) in [4.78, 5) is 17.2. The standard InChI is InChI=1S/C23H28N2O3/c1-28-20-8-6-17(7-9-20)16-24-10-12-25(13-11-24)23(27)21-14-18-4-2-3-5-19(18)15-22(21)26/h6-9,14-15,26H,2-5,10-13,16H2,1H3. The number of rotatable bonds is 4. The van der Waals surface area contributed by atoms with Crippen LogP contribution in [0.15, 0.2) is 36.4 Å². The molecule has 2 aromatic carbocycles. The predicted octanol–water partition coefficient (Wildman–Crippen LogP) is 3.24. The normalized spacial score (nSPS) is 17.2. The highest BCUT2D eigenvalue weighted by atomic mass is 16.5. The molecule has 5 nitrogen and oxygen atoms in total. The molecule has 1 fully saturated rings. The van der Waals surface area contributed by atoms with Gasteiger partial charge in [0.2, 0.25) is 0 Å². The first kappa shape index (κ1) is 18.8. The zero-order valence-corrected chi connectivity index (χ0v) is 16.5. The van der Waals surface area contributed by atoms with Crippen LogP contribution in [0.3, 0.4) is 0 Å². The lowest BCUT2D eigenvalue weighted by Crippen LogP contribution is -2.48. The molecule has 2 aliphatic rings. The molecule has 148 valence electrons. The van der Waals surface area contributed by atoms with E-state index in [9.17, 15) is 9.90 Å². The van der Waals surface area contributed by atoms with Crippen LogP contribution < -0.4 is 4.74 Å². The molecule has 2 aromatic rings. The van der Waals surface area contributed by atoms with Gasteiger partial charge in [-0.3, -0.25) is 9.69 Å². The second kappa shape index (κ2) is 8.23. The van der Waals surface area contributed by atoms with E-state index in [4.69, 9.17) is 4.74 Å². The molecule has 1 heterocycles. The van der Waals surface area contributed by atoms with E-state index in [-0.39, 0.29) is 11.7 Å². The summed E-state index contributed by atoms with van der Waals surface area (Å²) >= 11 is 0. The summed E-state index contributed by atoms with van der Waals surface area (Å²) < 4.78 is 5.21. The molecule has 1 amide bonds. The largest absolute Gasteiger partial charge is 0.507 e. The van der Waals surface area contributed by atoms with Crippen molar-refractivity contribution in [2.45, 2.75) is 32.2 Å². The third-order valence-electron chi connectivity index (χ3n) is 5.92. The van der Waals surface area contributed by atoms with Crippen LogP contribution in [0.5, 0.6) is 11.5 Å². The minimum absolute atomic E-state index is 0.0463. The SMILES string of the molecule is COc1ccc(CN2CCN(C(=O)c3cc4c(cc3O)CCCC4)CC2)cc1. The van der Waals surface area contributed by atoms with Crippen LogP contribution in [-0.4, -0.2) is 54.1 Å². The topological polar surface area (TPSA) is 53.0 Å². The number of carbonyl (C=O) groups is 1. The van der Waals surface area contributed by atoms with Crippen LogP contribution in [0.1, 0.15) is 39.9 Å². The molecular weight excluding hydrogens is 352 g/mol. The maximum Gasteiger partial charge on any atom is 0.257 e. The first-order chi connectivity index (χ1) is 13.6. The number of methoxy groups -OCH3 is 1. The van der Waals surface area contributed by atoms with Gasteiger partial charge in [0.1, 0.15) is 11.5 Å². The van der Waals surface area contributed by atoms with Gasteiger partial charge in [0.05, 0.1) is 12.7 Å². The maximum absolute atomic E-state index is 13.0. The van der Waals surface area contributed by atoms with Crippen LogP contribution in [0.2, 0.25) is 0 Å². The average molecular weight is 380 g/mol. The fraction of sp³-hybridized carbons (Fsp3) is 0.435. The third-order valence-corrected chi connectivity index (χ3v) is 5.92. The van der Waals surface area contributed by atoms with Crippen molar-refractivity contribution in [3.8, 4) is 11.5 Å². The van der Waals surface area contributed by atoms with Crippen molar-refractivity contribution >= 4 is 5.91 Å². The fourth-order valence-corrected chi connectivity index (χ4v) is 4.21. The molecule has 0 bridgehead atoms. The number of phenols is 1. The zero-order valence-electron chi connectivity index (χ0n) is 16.5. The van der Waals surface area contributed by atoms with E-state index < -0.39 is 0 Å². The molecule has 1 N–H and O–H groups in total. The third kappa shape index (κ3) is 3.99. The smallest absolute Gasteiger partial charge is 0.257 e. The number of piperazine rings is 1. The van der Waals surface area contributed by atoms with Gasteiger partial charge < -0.3 is 14.7 Å². The molecule has 1 aliphatic carbocycles. The molecule has 5 heteroatoms. The summed E-state index contributed by atoms with van der Waals surface area (Å²) in [5.41, 5.74) is 4.13.